The highest BCUT2D eigenvalue weighted by Crippen LogP contribution is 2.17. The molecule has 0 unspecified atom stereocenters. The number of anilines is 1. The molecule has 0 spiro atoms. The van der Waals surface area contributed by atoms with Gasteiger partial charge in [0, 0.05) is 25.0 Å². The van der Waals surface area contributed by atoms with Crippen molar-refractivity contribution in [1.29, 1.82) is 0 Å². The molecule has 5 nitrogen and oxygen atoms in total. The molecule has 0 aliphatic heterocycles. The first-order chi connectivity index (χ1) is 12.5. The van der Waals surface area contributed by atoms with Crippen molar-refractivity contribution >= 4 is 29.4 Å². The maximum atomic E-state index is 12.9. The van der Waals surface area contributed by atoms with E-state index in [-0.39, 0.29) is 23.6 Å². The lowest BCUT2D eigenvalue weighted by molar-refractivity contribution is -0.137. The zero-order valence-corrected chi connectivity index (χ0v) is 15.5. The van der Waals surface area contributed by atoms with Crippen LogP contribution in [0.15, 0.2) is 48.5 Å². The third-order valence-electron chi connectivity index (χ3n) is 3.57. The molecule has 2 amide bonds. The number of carbonyl (C=O) groups excluding carboxylic acids is 2. The largest absolute Gasteiger partial charge is 0.468 e. The number of urea groups is 1. The van der Waals surface area contributed by atoms with Crippen molar-refractivity contribution in [2.24, 2.45) is 0 Å². The first-order valence-corrected chi connectivity index (χ1v) is 9.13. The summed E-state index contributed by atoms with van der Waals surface area (Å²) >= 11 is 1.45. The Morgan fingerprint density at radius 3 is 2.58 bits per heavy atom. The minimum Gasteiger partial charge on any atom is -0.468 e. The fourth-order valence-corrected chi connectivity index (χ4v) is 3.01. The fraction of sp³-hybridized carbons (Fsp3) is 0.263. The SMILES string of the molecule is COC(=O)CSCc1cccc(NC(=O)N(C)Cc2ccc(F)cc2)c1. The Hall–Kier alpha value is -2.54. The van der Waals surface area contributed by atoms with Crippen molar-refractivity contribution < 1.29 is 18.7 Å². The van der Waals surface area contributed by atoms with Crippen LogP contribution in [0.1, 0.15) is 11.1 Å². The van der Waals surface area contributed by atoms with Crippen LogP contribution in [-0.4, -0.2) is 36.8 Å². The van der Waals surface area contributed by atoms with Crippen molar-refractivity contribution in [3.8, 4) is 0 Å². The molecule has 26 heavy (non-hydrogen) atoms. The van der Waals surface area contributed by atoms with Gasteiger partial charge in [-0.05, 0) is 35.4 Å². The molecule has 0 aliphatic carbocycles. The number of esters is 1. The molecule has 0 aliphatic rings. The highest BCUT2D eigenvalue weighted by molar-refractivity contribution is 7.99. The van der Waals surface area contributed by atoms with Crippen LogP contribution < -0.4 is 5.32 Å². The van der Waals surface area contributed by atoms with Crippen molar-refractivity contribution in [3.63, 3.8) is 0 Å². The Morgan fingerprint density at radius 2 is 1.88 bits per heavy atom. The van der Waals surface area contributed by atoms with E-state index in [1.165, 1.54) is 35.9 Å². The lowest BCUT2D eigenvalue weighted by Gasteiger charge is -2.18. The zero-order valence-electron chi connectivity index (χ0n) is 14.7. The minimum atomic E-state index is -0.303. The predicted octanol–water partition coefficient (Wildman–Crippen LogP) is 3.90. The molecule has 0 atom stereocenters. The molecule has 2 aromatic rings. The van der Waals surface area contributed by atoms with E-state index in [9.17, 15) is 14.0 Å². The van der Waals surface area contributed by atoms with Crippen LogP contribution in [-0.2, 0) is 21.8 Å². The van der Waals surface area contributed by atoms with Gasteiger partial charge in [-0.2, -0.15) is 0 Å². The smallest absolute Gasteiger partial charge is 0.321 e. The van der Waals surface area contributed by atoms with Gasteiger partial charge in [0.1, 0.15) is 5.82 Å². The van der Waals surface area contributed by atoms with Crippen LogP contribution in [0.2, 0.25) is 0 Å². The topological polar surface area (TPSA) is 58.6 Å². The summed E-state index contributed by atoms with van der Waals surface area (Å²) in [5.74, 6) is 0.363. The summed E-state index contributed by atoms with van der Waals surface area (Å²) in [6.45, 7) is 0.376. The summed E-state index contributed by atoms with van der Waals surface area (Å²) in [4.78, 5) is 25.0. The van der Waals surface area contributed by atoms with Gasteiger partial charge in [0.2, 0.25) is 0 Å². The van der Waals surface area contributed by atoms with Gasteiger partial charge in [-0.15, -0.1) is 11.8 Å². The van der Waals surface area contributed by atoms with Gasteiger partial charge in [-0.3, -0.25) is 4.79 Å². The number of thioether (sulfide) groups is 1. The molecule has 0 fully saturated rings. The molecule has 0 radical (unpaired) electrons. The lowest BCUT2D eigenvalue weighted by atomic mass is 10.2. The first kappa shape index (κ1) is 19.8. The Balaban J connectivity index is 1.88. The van der Waals surface area contributed by atoms with Crippen LogP contribution in [0.3, 0.4) is 0 Å². The maximum Gasteiger partial charge on any atom is 0.321 e. The quantitative estimate of drug-likeness (QED) is 0.745. The van der Waals surface area contributed by atoms with Gasteiger partial charge in [-0.25, -0.2) is 9.18 Å². The monoisotopic (exact) mass is 376 g/mol. The molecule has 7 heteroatoms. The molecule has 0 saturated heterocycles. The first-order valence-electron chi connectivity index (χ1n) is 7.98. The average molecular weight is 376 g/mol. The molecule has 2 rings (SSSR count). The molecule has 0 bridgehead atoms. The number of benzene rings is 2. The van der Waals surface area contributed by atoms with Crippen molar-refractivity contribution in [2.45, 2.75) is 12.3 Å². The highest BCUT2D eigenvalue weighted by atomic mass is 32.2. The van der Waals surface area contributed by atoms with Crippen molar-refractivity contribution in [3.05, 3.63) is 65.5 Å². The number of hydrogen-bond donors (Lipinski definition) is 1. The van der Waals surface area contributed by atoms with E-state index in [0.717, 1.165) is 11.1 Å². The van der Waals surface area contributed by atoms with Crippen molar-refractivity contribution in [1.82, 2.24) is 4.90 Å². The van der Waals surface area contributed by atoms with Gasteiger partial charge in [0.05, 0.1) is 12.9 Å². The maximum absolute atomic E-state index is 12.9. The number of halogens is 1. The van der Waals surface area contributed by atoms with Gasteiger partial charge < -0.3 is 15.0 Å². The summed E-state index contributed by atoms with van der Waals surface area (Å²) in [6, 6.07) is 13.2. The summed E-state index contributed by atoms with van der Waals surface area (Å²) < 4.78 is 17.5. The van der Waals surface area contributed by atoms with Crippen LogP contribution in [0, 0.1) is 5.82 Å². The Bertz CT molecular complexity index is 753. The Labute approximate surface area is 156 Å². The van der Waals surface area contributed by atoms with E-state index in [0.29, 0.717) is 18.0 Å². The van der Waals surface area contributed by atoms with E-state index in [1.54, 1.807) is 25.2 Å². The van der Waals surface area contributed by atoms with E-state index < -0.39 is 0 Å². The highest BCUT2D eigenvalue weighted by Gasteiger charge is 2.10. The second kappa shape index (κ2) is 9.82. The summed E-state index contributed by atoms with van der Waals surface area (Å²) in [6.07, 6.45) is 0. The zero-order chi connectivity index (χ0) is 18.9. The lowest BCUT2D eigenvalue weighted by Crippen LogP contribution is -2.30. The normalized spacial score (nSPS) is 10.3. The van der Waals surface area contributed by atoms with Gasteiger partial charge in [0.25, 0.3) is 0 Å². The number of carbonyl (C=O) groups is 2. The van der Waals surface area contributed by atoms with Gasteiger partial charge in [-0.1, -0.05) is 24.3 Å². The average Bonchev–Trinajstić information content (AvgIpc) is 2.63. The van der Waals surface area contributed by atoms with Crippen molar-refractivity contribution in [2.75, 3.05) is 25.2 Å². The van der Waals surface area contributed by atoms with E-state index in [1.807, 2.05) is 18.2 Å². The molecule has 138 valence electrons. The number of nitrogens with one attached hydrogen (secondary N) is 1. The Kier molecular flexibility index (Phi) is 7.47. The molecule has 1 N–H and O–H groups in total. The van der Waals surface area contributed by atoms with Gasteiger partial charge in [0.15, 0.2) is 0 Å². The van der Waals surface area contributed by atoms with E-state index in [4.69, 9.17) is 0 Å². The van der Waals surface area contributed by atoms with E-state index in [2.05, 4.69) is 10.1 Å². The fourth-order valence-electron chi connectivity index (χ4n) is 2.20. The molecule has 0 aromatic heterocycles. The number of hydrogen-bond acceptors (Lipinski definition) is 4. The second-order valence-corrected chi connectivity index (χ2v) is 6.67. The second-order valence-electron chi connectivity index (χ2n) is 5.68. The van der Waals surface area contributed by atoms with Crippen LogP contribution >= 0.6 is 11.8 Å². The summed E-state index contributed by atoms with van der Waals surface area (Å²) in [5, 5.41) is 2.84. The van der Waals surface area contributed by atoms with E-state index >= 15 is 0 Å². The summed E-state index contributed by atoms with van der Waals surface area (Å²) in [7, 11) is 3.04. The molecular formula is C19H21FN2O3S. The molecule has 2 aromatic carbocycles. The van der Waals surface area contributed by atoms with Crippen LogP contribution in [0.4, 0.5) is 14.9 Å². The number of methoxy groups -OCH3 is 1. The van der Waals surface area contributed by atoms with Crippen LogP contribution in [0.25, 0.3) is 0 Å². The minimum absolute atomic E-state index is 0.256. The van der Waals surface area contributed by atoms with Crippen LogP contribution in [0.5, 0.6) is 0 Å². The summed E-state index contributed by atoms with van der Waals surface area (Å²) in [5.41, 5.74) is 2.52. The third kappa shape index (κ3) is 6.40. The molecule has 0 heterocycles. The van der Waals surface area contributed by atoms with Gasteiger partial charge >= 0.3 is 12.0 Å². The standard InChI is InChI=1S/C19H21FN2O3S/c1-22(11-14-6-8-16(20)9-7-14)19(24)21-17-5-3-4-15(10-17)12-26-13-18(23)25-2/h3-10H,11-13H2,1-2H3,(H,21,24). The third-order valence-corrected chi connectivity index (χ3v) is 4.55. The predicted molar refractivity (Wildman–Crippen MR) is 102 cm³/mol. The molecule has 0 saturated carbocycles. The number of amides is 2. The molecular weight excluding hydrogens is 355 g/mol. The Morgan fingerprint density at radius 1 is 1.15 bits per heavy atom. The number of ether oxygens (including phenoxy) is 1. The number of rotatable bonds is 7. The number of nitrogens with zero attached hydrogens (tertiary/aromatic N) is 1.